The third kappa shape index (κ3) is 4.67. The van der Waals surface area contributed by atoms with Gasteiger partial charge in [0.1, 0.15) is 0 Å². The van der Waals surface area contributed by atoms with E-state index in [1.54, 1.807) is 20.8 Å². The van der Waals surface area contributed by atoms with Crippen molar-refractivity contribution in [2.45, 2.75) is 39.1 Å². The van der Waals surface area contributed by atoms with Crippen molar-refractivity contribution in [3.63, 3.8) is 0 Å². The summed E-state index contributed by atoms with van der Waals surface area (Å²) in [5.74, 6) is 0. The van der Waals surface area contributed by atoms with Crippen LogP contribution in [-0.4, -0.2) is 11.2 Å². The fourth-order valence-electron chi connectivity index (χ4n) is 1.64. The van der Waals surface area contributed by atoms with E-state index in [2.05, 4.69) is 0 Å². The van der Waals surface area contributed by atoms with Crippen LogP contribution in [0.1, 0.15) is 37.9 Å². The maximum atomic E-state index is 12.6. The van der Waals surface area contributed by atoms with Crippen molar-refractivity contribution in [3.8, 4) is 0 Å². The number of aliphatic hydroxyl groups excluding tert-OH is 1. The second-order valence-corrected chi connectivity index (χ2v) is 5.46. The van der Waals surface area contributed by atoms with Crippen LogP contribution in [0, 0.1) is 5.41 Å². The molecule has 110 valence electrons. The zero-order valence-electron chi connectivity index (χ0n) is 11.0. The molecule has 0 aliphatic heterocycles. The number of benzene rings is 1. The fraction of sp³-hybridized carbons (Fsp3) is 0.538. The van der Waals surface area contributed by atoms with Gasteiger partial charge in [0.2, 0.25) is 0 Å². The Kier molecular flexibility index (Phi) is 5.86. The lowest BCUT2D eigenvalue weighted by atomic mass is 9.82. The van der Waals surface area contributed by atoms with Gasteiger partial charge in [0.05, 0.1) is 17.7 Å². The number of hydrogen-bond acceptors (Lipinski definition) is 2. The predicted molar refractivity (Wildman–Crippen MR) is 71.1 cm³/mol. The average molecular weight is 298 g/mol. The molecule has 3 N–H and O–H groups in total. The van der Waals surface area contributed by atoms with Crippen LogP contribution >= 0.6 is 12.4 Å². The maximum absolute atomic E-state index is 12.6. The molecule has 1 aromatic rings. The predicted octanol–water partition coefficient (Wildman–Crippen LogP) is 3.53. The first-order valence-corrected chi connectivity index (χ1v) is 5.64. The molecule has 0 aromatic heterocycles. The monoisotopic (exact) mass is 297 g/mol. The number of hydrogen-bond donors (Lipinski definition) is 2. The zero-order chi connectivity index (χ0) is 14.1. The lowest BCUT2D eigenvalue weighted by molar-refractivity contribution is -0.137. The van der Waals surface area contributed by atoms with Gasteiger partial charge >= 0.3 is 6.18 Å². The molecular weight excluding hydrogens is 279 g/mol. The first kappa shape index (κ1) is 18.2. The molecule has 0 heterocycles. The Morgan fingerprint density at radius 1 is 1.16 bits per heavy atom. The number of aliphatic hydroxyl groups is 1. The topological polar surface area (TPSA) is 46.2 Å². The molecule has 0 unspecified atom stereocenters. The van der Waals surface area contributed by atoms with Crippen LogP contribution in [0.4, 0.5) is 13.2 Å². The van der Waals surface area contributed by atoms with Crippen molar-refractivity contribution in [2.24, 2.45) is 11.1 Å². The van der Waals surface area contributed by atoms with Crippen molar-refractivity contribution >= 4 is 12.4 Å². The van der Waals surface area contributed by atoms with Crippen LogP contribution in [-0.2, 0) is 6.18 Å². The van der Waals surface area contributed by atoms with Gasteiger partial charge in [0.25, 0.3) is 0 Å². The van der Waals surface area contributed by atoms with Crippen LogP contribution < -0.4 is 5.73 Å². The van der Waals surface area contributed by atoms with E-state index in [-0.39, 0.29) is 18.0 Å². The summed E-state index contributed by atoms with van der Waals surface area (Å²) in [4.78, 5) is 0. The molecule has 0 bridgehead atoms. The third-order valence-electron chi connectivity index (χ3n) is 2.83. The Balaban J connectivity index is 0.00000324. The maximum Gasteiger partial charge on any atom is 0.416 e. The smallest absolute Gasteiger partial charge is 0.391 e. The first-order valence-electron chi connectivity index (χ1n) is 5.64. The van der Waals surface area contributed by atoms with E-state index in [1.165, 1.54) is 12.1 Å². The van der Waals surface area contributed by atoms with Crippen LogP contribution in [0.15, 0.2) is 24.3 Å². The van der Waals surface area contributed by atoms with Gasteiger partial charge in [0, 0.05) is 0 Å². The highest BCUT2D eigenvalue weighted by molar-refractivity contribution is 5.85. The largest absolute Gasteiger partial charge is 0.416 e. The zero-order valence-corrected chi connectivity index (χ0v) is 11.8. The van der Waals surface area contributed by atoms with Crippen molar-refractivity contribution in [2.75, 3.05) is 0 Å². The Bertz CT molecular complexity index is 415. The molecule has 0 fully saturated rings. The lowest BCUT2D eigenvalue weighted by Crippen LogP contribution is -2.37. The van der Waals surface area contributed by atoms with E-state index in [4.69, 9.17) is 5.73 Å². The van der Waals surface area contributed by atoms with Gasteiger partial charge in [0.15, 0.2) is 0 Å². The van der Waals surface area contributed by atoms with E-state index >= 15 is 0 Å². The van der Waals surface area contributed by atoms with Gasteiger partial charge in [-0.25, -0.2) is 0 Å². The van der Waals surface area contributed by atoms with Crippen LogP contribution in [0.3, 0.4) is 0 Å². The minimum absolute atomic E-state index is 0. The van der Waals surface area contributed by atoms with Gasteiger partial charge in [-0.1, -0.05) is 32.9 Å². The lowest BCUT2D eigenvalue weighted by Gasteiger charge is -2.31. The molecule has 1 aromatic carbocycles. The summed E-state index contributed by atoms with van der Waals surface area (Å²) in [6, 6.07) is 3.92. The molecule has 0 aliphatic rings. The second kappa shape index (κ2) is 6.11. The molecule has 0 spiro atoms. The first-order chi connectivity index (χ1) is 8.03. The fourth-order valence-corrected chi connectivity index (χ4v) is 1.64. The standard InChI is InChI=1S/C13H18F3NO.ClH/c1-12(2,3)11(18)10(17)8-5-4-6-9(7-8)13(14,15)16;/h4-7,10-11,18H,17H2,1-3H3;1H/t10-,11-;/m0./s1. The normalized spacial score (nSPS) is 15.6. The van der Waals surface area contributed by atoms with E-state index < -0.39 is 29.3 Å². The van der Waals surface area contributed by atoms with Crippen molar-refractivity contribution < 1.29 is 18.3 Å². The number of rotatable bonds is 2. The number of halogens is 4. The highest BCUT2D eigenvalue weighted by atomic mass is 35.5. The average Bonchev–Trinajstić information content (AvgIpc) is 2.25. The number of nitrogens with two attached hydrogens (primary N) is 1. The Labute approximate surface area is 117 Å². The van der Waals surface area contributed by atoms with E-state index in [1.807, 2.05) is 0 Å². The third-order valence-corrected chi connectivity index (χ3v) is 2.83. The van der Waals surface area contributed by atoms with Crippen molar-refractivity contribution in [1.29, 1.82) is 0 Å². The molecule has 0 amide bonds. The summed E-state index contributed by atoms with van der Waals surface area (Å²) >= 11 is 0. The summed E-state index contributed by atoms with van der Waals surface area (Å²) in [6.45, 7) is 5.35. The minimum atomic E-state index is -4.40. The number of alkyl halides is 3. The molecule has 2 nitrogen and oxygen atoms in total. The minimum Gasteiger partial charge on any atom is -0.391 e. The molecule has 0 aliphatic carbocycles. The Morgan fingerprint density at radius 3 is 2.11 bits per heavy atom. The Hall–Kier alpha value is -0.780. The molecule has 0 radical (unpaired) electrons. The van der Waals surface area contributed by atoms with Gasteiger partial charge in [-0.05, 0) is 23.1 Å². The molecule has 1 rings (SSSR count). The van der Waals surface area contributed by atoms with E-state index in [0.29, 0.717) is 0 Å². The van der Waals surface area contributed by atoms with Gasteiger partial charge in [-0.2, -0.15) is 13.2 Å². The molecule has 0 saturated heterocycles. The second-order valence-electron chi connectivity index (χ2n) is 5.46. The summed E-state index contributed by atoms with van der Waals surface area (Å²) in [7, 11) is 0. The highest BCUT2D eigenvalue weighted by Gasteiger charge is 2.33. The summed E-state index contributed by atoms with van der Waals surface area (Å²) in [5.41, 5.74) is 4.86. The van der Waals surface area contributed by atoms with Gasteiger partial charge in [-0.3, -0.25) is 0 Å². The molecule has 19 heavy (non-hydrogen) atoms. The van der Waals surface area contributed by atoms with Crippen LogP contribution in [0.25, 0.3) is 0 Å². The van der Waals surface area contributed by atoms with Gasteiger partial charge < -0.3 is 10.8 Å². The van der Waals surface area contributed by atoms with Gasteiger partial charge in [-0.15, -0.1) is 12.4 Å². The Morgan fingerprint density at radius 2 is 1.68 bits per heavy atom. The van der Waals surface area contributed by atoms with E-state index in [0.717, 1.165) is 12.1 Å². The van der Waals surface area contributed by atoms with Crippen molar-refractivity contribution in [1.82, 2.24) is 0 Å². The van der Waals surface area contributed by atoms with Crippen molar-refractivity contribution in [3.05, 3.63) is 35.4 Å². The summed E-state index contributed by atoms with van der Waals surface area (Å²) in [6.07, 6.45) is -5.32. The summed E-state index contributed by atoms with van der Waals surface area (Å²) < 4.78 is 37.7. The molecule has 0 saturated carbocycles. The van der Waals surface area contributed by atoms with E-state index in [9.17, 15) is 18.3 Å². The summed E-state index contributed by atoms with van der Waals surface area (Å²) in [5, 5.41) is 10.00. The van der Waals surface area contributed by atoms with Crippen LogP contribution in [0.2, 0.25) is 0 Å². The quantitative estimate of drug-likeness (QED) is 0.877. The van der Waals surface area contributed by atoms with Crippen LogP contribution in [0.5, 0.6) is 0 Å². The highest BCUT2D eigenvalue weighted by Crippen LogP contribution is 2.33. The molecule has 6 heteroatoms. The SMILES string of the molecule is CC(C)(C)[C@@H](O)[C@@H](N)c1cccc(C(F)(F)F)c1.Cl. The molecule has 2 atom stereocenters. The molecular formula is C13H19ClF3NO.